The van der Waals surface area contributed by atoms with Gasteiger partial charge in [0.25, 0.3) is 0 Å². The summed E-state index contributed by atoms with van der Waals surface area (Å²) in [6.45, 7) is 3.27. The average Bonchev–Trinajstić information content (AvgIpc) is 2.56. The Morgan fingerprint density at radius 2 is 2.00 bits per heavy atom. The Bertz CT molecular complexity index is 586. The molecule has 1 aromatic heterocycles. The lowest BCUT2D eigenvalue weighted by atomic mass is 9.95. The third kappa shape index (κ3) is 1.59. The van der Waals surface area contributed by atoms with E-state index in [1.165, 1.54) is 42.1 Å². The molecule has 1 aliphatic heterocycles. The zero-order valence-electron chi connectivity index (χ0n) is 10.5. The molecule has 3 heteroatoms. The highest BCUT2D eigenvalue weighted by molar-refractivity contribution is 5.88. The van der Waals surface area contributed by atoms with Crippen LogP contribution < -0.4 is 17.7 Å². The first kappa shape index (κ1) is 12.1. The molecule has 0 saturated carbocycles. The quantitative estimate of drug-likeness (QED) is 0.685. The smallest absolute Gasteiger partial charge is 0.0531 e. The van der Waals surface area contributed by atoms with Gasteiger partial charge in [0.2, 0.25) is 0 Å². The van der Waals surface area contributed by atoms with Gasteiger partial charge in [-0.15, -0.1) is 0 Å². The van der Waals surface area contributed by atoms with Crippen LogP contribution in [-0.4, -0.2) is 11.1 Å². The van der Waals surface area contributed by atoms with Gasteiger partial charge in [-0.2, -0.15) is 0 Å². The third-order valence-electron chi connectivity index (χ3n) is 4.31. The molecule has 2 aromatic rings. The highest BCUT2D eigenvalue weighted by Gasteiger charge is 2.22. The van der Waals surface area contributed by atoms with Crippen molar-refractivity contribution in [2.45, 2.75) is 38.8 Å². The van der Waals surface area contributed by atoms with Crippen molar-refractivity contribution in [3.05, 3.63) is 35.0 Å². The highest BCUT2D eigenvalue weighted by Crippen LogP contribution is 2.34. The number of para-hydroxylation sites is 1. The lowest BCUT2D eigenvalue weighted by Gasteiger charge is -2.15. The monoisotopic (exact) mass is 261 g/mol. The molecule has 0 unspecified atom stereocenters. The number of aryl methyl sites for hydroxylation is 1. The normalized spacial score (nSPS) is 18.0. The fourth-order valence-electron chi connectivity index (χ4n) is 3.57. The van der Waals surface area contributed by atoms with Crippen LogP contribution in [0.25, 0.3) is 10.9 Å². The second-order valence-corrected chi connectivity index (χ2v) is 5.27. The number of hydrogen-bond donors (Lipinski definition) is 1. The summed E-state index contributed by atoms with van der Waals surface area (Å²) >= 11 is 0. The Balaban J connectivity index is 0.000001000. The Labute approximate surface area is 114 Å². The molecule has 18 heavy (non-hydrogen) atoms. The molecule has 4 rings (SSSR count). The zero-order valence-corrected chi connectivity index (χ0v) is 11.3. The van der Waals surface area contributed by atoms with Gasteiger partial charge in [-0.1, -0.05) is 18.2 Å². The summed E-state index contributed by atoms with van der Waals surface area (Å²) < 4.78 is 2.60. The fraction of sp³-hybridized carbons (Fsp3) is 0.467. The second-order valence-electron chi connectivity index (χ2n) is 5.27. The maximum Gasteiger partial charge on any atom is 0.0531 e. The molecule has 96 valence electrons. The van der Waals surface area contributed by atoms with Gasteiger partial charge >= 0.3 is 0 Å². The molecule has 1 N–H and O–H groups in total. The van der Waals surface area contributed by atoms with E-state index in [4.69, 9.17) is 0 Å². The van der Waals surface area contributed by atoms with E-state index in [2.05, 4.69) is 28.1 Å². The highest BCUT2D eigenvalue weighted by atomic mass is 35.5. The van der Waals surface area contributed by atoms with Crippen LogP contribution in [0.3, 0.4) is 0 Å². The van der Waals surface area contributed by atoms with Gasteiger partial charge in [-0.05, 0) is 36.8 Å². The van der Waals surface area contributed by atoms with Crippen molar-refractivity contribution in [2.75, 3.05) is 6.54 Å². The van der Waals surface area contributed by atoms with Gasteiger partial charge in [-0.25, -0.2) is 0 Å². The topological polar surface area (TPSA) is 17.0 Å². The molecule has 0 amide bonds. The summed E-state index contributed by atoms with van der Waals surface area (Å²) in [5, 5.41) is 5.05. The molecule has 0 atom stereocenters. The van der Waals surface area contributed by atoms with E-state index >= 15 is 0 Å². The Hall–Kier alpha value is -0.990. The number of benzene rings is 1. The second kappa shape index (κ2) is 4.60. The number of nitrogens with zero attached hydrogens (tertiary/aromatic N) is 1. The van der Waals surface area contributed by atoms with Crippen LogP contribution in [0.1, 0.15) is 29.7 Å². The van der Waals surface area contributed by atoms with E-state index in [1.54, 1.807) is 11.3 Å². The van der Waals surface area contributed by atoms with Crippen molar-refractivity contribution in [3.8, 4) is 0 Å². The largest absolute Gasteiger partial charge is 1.00 e. The van der Waals surface area contributed by atoms with Crippen molar-refractivity contribution < 1.29 is 12.4 Å². The first-order valence-corrected chi connectivity index (χ1v) is 6.78. The minimum absolute atomic E-state index is 0. The SMILES string of the molecule is [Cl-].c1cc2c3c(c1)c1c(n3CCNC2)CCCC1. The number of nitrogens with one attached hydrogen (secondary N) is 1. The Morgan fingerprint density at radius 3 is 2.94 bits per heavy atom. The molecule has 0 saturated heterocycles. The van der Waals surface area contributed by atoms with Crippen molar-refractivity contribution >= 4 is 10.9 Å². The summed E-state index contributed by atoms with van der Waals surface area (Å²) in [7, 11) is 0. The molecule has 2 aliphatic rings. The van der Waals surface area contributed by atoms with Crippen LogP contribution in [0, 0.1) is 0 Å². The van der Waals surface area contributed by atoms with Crippen LogP contribution in [0.4, 0.5) is 0 Å². The van der Waals surface area contributed by atoms with E-state index in [9.17, 15) is 0 Å². The van der Waals surface area contributed by atoms with Crippen molar-refractivity contribution in [1.29, 1.82) is 0 Å². The van der Waals surface area contributed by atoms with Crippen LogP contribution in [-0.2, 0) is 25.9 Å². The van der Waals surface area contributed by atoms with Crippen LogP contribution in [0.15, 0.2) is 18.2 Å². The Kier molecular flexibility index (Phi) is 3.08. The number of aromatic nitrogens is 1. The minimum atomic E-state index is 0. The van der Waals surface area contributed by atoms with Crippen LogP contribution in [0.2, 0.25) is 0 Å². The third-order valence-corrected chi connectivity index (χ3v) is 4.31. The molecule has 0 spiro atoms. The summed E-state index contributed by atoms with van der Waals surface area (Å²) in [4.78, 5) is 0. The predicted octanol–water partition coefficient (Wildman–Crippen LogP) is -0.373. The summed E-state index contributed by atoms with van der Waals surface area (Å²) in [6.07, 6.45) is 5.31. The molecule has 0 bridgehead atoms. The summed E-state index contributed by atoms with van der Waals surface area (Å²) in [6, 6.07) is 6.83. The predicted molar refractivity (Wildman–Crippen MR) is 70.3 cm³/mol. The van der Waals surface area contributed by atoms with Crippen molar-refractivity contribution in [3.63, 3.8) is 0 Å². The van der Waals surface area contributed by atoms with Gasteiger partial charge in [0.15, 0.2) is 0 Å². The molecule has 0 radical (unpaired) electrons. The number of fused-ring (bicyclic) bond motifs is 3. The fourth-order valence-corrected chi connectivity index (χ4v) is 3.57. The minimum Gasteiger partial charge on any atom is -1.00 e. The van der Waals surface area contributed by atoms with Crippen LogP contribution in [0.5, 0.6) is 0 Å². The average molecular weight is 262 g/mol. The van der Waals surface area contributed by atoms with Crippen LogP contribution >= 0.6 is 0 Å². The molecule has 2 nitrogen and oxygen atoms in total. The van der Waals surface area contributed by atoms with E-state index in [-0.39, 0.29) is 12.4 Å². The zero-order chi connectivity index (χ0) is 11.2. The lowest BCUT2D eigenvalue weighted by molar-refractivity contribution is -0.00000341. The van der Waals surface area contributed by atoms with Crippen molar-refractivity contribution in [2.24, 2.45) is 0 Å². The first-order valence-electron chi connectivity index (χ1n) is 6.78. The summed E-state index contributed by atoms with van der Waals surface area (Å²) in [5.41, 5.74) is 6.27. The maximum absolute atomic E-state index is 3.53. The van der Waals surface area contributed by atoms with Gasteiger partial charge in [0, 0.05) is 30.7 Å². The van der Waals surface area contributed by atoms with Crippen molar-refractivity contribution in [1.82, 2.24) is 9.88 Å². The summed E-state index contributed by atoms with van der Waals surface area (Å²) in [5.74, 6) is 0. The first-order chi connectivity index (χ1) is 8.45. The van der Waals surface area contributed by atoms with Gasteiger partial charge in [-0.3, -0.25) is 0 Å². The molecular formula is C15H18ClN2-. The van der Waals surface area contributed by atoms with E-state index in [0.29, 0.717) is 0 Å². The molecular weight excluding hydrogens is 244 g/mol. The molecule has 0 fully saturated rings. The van der Waals surface area contributed by atoms with Gasteiger partial charge in [0.1, 0.15) is 0 Å². The van der Waals surface area contributed by atoms with Gasteiger partial charge in [0.05, 0.1) is 5.52 Å². The lowest BCUT2D eigenvalue weighted by Crippen LogP contribution is -3.00. The molecule has 1 aromatic carbocycles. The van der Waals surface area contributed by atoms with E-state index in [1.807, 2.05) is 0 Å². The maximum atomic E-state index is 3.53. The molecule has 1 aliphatic carbocycles. The number of hydrogen-bond acceptors (Lipinski definition) is 1. The number of rotatable bonds is 0. The molecule has 2 heterocycles. The van der Waals surface area contributed by atoms with E-state index < -0.39 is 0 Å². The van der Waals surface area contributed by atoms with Gasteiger partial charge < -0.3 is 22.3 Å². The standard InChI is InChI=1S/C15H18N2.ClH/c1-2-7-14-12(5-1)13-6-3-4-11-10-16-8-9-17(14)15(11)13;/h3-4,6,16H,1-2,5,7-10H2;1H/p-1. The Morgan fingerprint density at radius 1 is 1.11 bits per heavy atom. The van der Waals surface area contributed by atoms with E-state index in [0.717, 1.165) is 19.6 Å². The number of halogens is 1.